The quantitative estimate of drug-likeness (QED) is 0.863. The molecule has 0 bridgehead atoms. The third-order valence-electron chi connectivity index (χ3n) is 1.74. The molecule has 0 radical (unpaired) electrons. The Balaban J connectivity index is 3.06. The summed E-state index contributed by atoms with van der Waals surface area (Å²) in [5.74, 6) is -3.58. The fraction of sp³-hybridized carbons (Fsp3) is 0.714. The van der Waals surface area contributed by atoms with Crippen LogP contribution in [-0.4, -0.2) is 29.1 Å². The molecule has 0 fully saturated rings. The third-order valence-corrected chi connectivity index (χ3v) is 2.79. The highest BCUT2D eigenvalue weighted by Gasteiger charge is 2.59. The first-order chi connectivity index (χ1) is 7.66. The summed E-state index contributed by atoms with van der Waals surface area (Å²) in [4.78, 5) is 0. The van der Waals surface area contributed by atoms with Crippen molar-refractivity contribution in [3.8, 4) is 0 Å². The van der Waals surface area contributed by atoms with Crippen molar-refractivity contribution >= 4 is 11.3 Å². The van der Waals surface area contributed by atoms with E-state index in [9.17, 15) is 26.3 Å². The summed E-state index contributed by atoms with van der Waals surface area (Å²) in [6.45, 7) is 0.0807. The van der Waals surface area contributed by atoms with Gasteiger partial charge < -0.3 is 5.73 Å². The van der Waals surface area contributed by atoms with Gasteiger partial charge in [0.1, 0.15) is 10.0 Å². The summed E-state index contributed by atoms with van der Waals surface area (Å²) in [7, 11) is 0. The maximum absolute atomic E-state index is 12.3. The van der Waals surface area contributed by atoms with Crippen LogP contribution in [0, 0.1) is 0 Å². The summed E-state index contributed by atoms with van der Waals surface area (Å²) in [6, 6.07) is 0. The predicted octanol–water partition coefficient (Wildman–Crippen LogP) is 2.25. The number of nitrogens with zero attached hydrogens (tertiary/aromatic N) is 2. The van der Waals surface area contributed by atoms with Gasteiger partial charge in [-0.2, -0.15) is 26.3 Å². The van der Waals surface area contributed by atoms with Gasteiger partial charge in [0.2, 0.25) is 5.92 Å². The molecule has 0 atom stereocenters. The van der Waals surface area contributed by atoms with Crippen molar-refractivity contribution in [2.75, 3.05) is 6.54 Å². The smallest absolute Gasteiger partial charge is 0.330 e. The Hall–Kier alpha value is -0.900. The number of rotatable bonds is 3. The minimum absolute atomic E-state index is 0.0565. The minimum Gasteiger partial charge on any atom is -0.330 e. The van der Waals surface area contributed by atoms with Crippen LogP contribution in [0.25, 0.3) is 0 Å². The SMILES string of the molecule is NCCc1nnc(C(C(F)(F)F)C(F)(F)F)s1. The van der Waals surface area contributed by atoms with E-state index in [1.165, 1.54) is 0 Å². The number of hydrogen-bond acceptors (Lipinski definition) is 4. The van der Waals surface area contributed by atoms with Crippen molar-refractivity contribution in [1.29, 1.82) is 0 Å². The normalized spacial score (nSPS) is 13.4. The van der Waals surface area contributed by atoms with Gasteiger partial charge in [0, 0.05) is 6.42 Å². The highest BCUT2D eigenvalue weighted by atomic mass is 32.1. The molecule has 17 heavy (non-hydrogen) atoms. The molecule has 0 unspecified atom stereocenters. The molecule has 0 saturated carbocycles. The van der Waals surface area contributed by atoms with Crippen LogP contribution < -0.4 is 5.73 Å². The standard InChI is InChI=1S/C7H7F6N3S/c8-6(9,10)4(7(11,12)13)5-16-15-3(17-5)1-2-14/h4H,1-2,14H2. The molecule has 1 rings (SSSR count). The number of halogens is 6. The van der Waals surface area contributed by atoms with Gasteiger partial charge in [-0.05, 0) is 6.54 Å². The Bertz CT molecular complexity index is 356. The van der Waals surface area contributed by atoms with E-state index in [1.54, 1.807) is 0 Å². The van der Waals surface area contributed by atoms with Crippen molar-refractivity contribution in [3.63, 3.8) is 0 Å². The van der Waals surface area contributed by atoms with Crippen molar-refractivity contribution in [2.45, 2.75) is 24.7 Å². The fourth-order valence-corrected chi connectivity index (χ4v) is 2.08. The zero-order valence-electron chi connectivity index (χ0n) is 8.14. The monoisotopic (exact) mass is 279 g/mol. The maximum Gasteiger partial charge on any atom is 0.406 e. The molecule has 1 aromatic heterocycles. The minimum atomic E-state index is -5.43. The van der Waals surface area contributed by atoms with Gasteiger partial charge in [-0.3, -0.25) is 0 Å². The number of hydrogen-bond donors (Lipinski definition) is 1. The van der Waals surface area contributed by atoms with Crippen LogP contribution in [0.5, 0.6) is 0 Å². The zero-order valence-corrected chi connectivity index (χ0v) is 8.96. The Morgan fingerprint density at radius 2 is 1.59 bits per heavy atom. The molecule has 0 aliphatic heterocycles. The van der Waals surface area contributed by atoms with Crippen LogP contribution in [0.4, 0.5) is 26.3 Å². The summed E-state index contributed by atoms with van der Waals surface area (Å²) < 4.78 is 73.7. The average molecular weight is 279 g/mol. The van der Waals surface area contributed by atoms with Crippen molar-refractivity contribution in [2.24, 2.45) is 5.73 Å². The molecule has 0 aliphatic carbocycles. The molecule has 1 aromatic rings. The topological polar surface area (TPSA) is 51.8 Å². The number of aromatic nitrogens is 2. The molecule has 0 amide bonds. The van der Waals surface area contributed by atoms with Gasteiger partial charge >= 0.3 is 12.4 Å². The fourth-order valence-electron chi connectivity index (χ4n) is 1.07. The first kappa shape index (κ1) is 14.2. The molecule has 1 heterocycles. The molecule has 0 saturated heterocycles. The number of nitrogens with two attached hydrogens (primary N) is 1. The van der Waals surface area contributed by atoms with E-state index in [0.29, 0.717) is 0 Å². The molecule has 2 N–H and O–H groups in total. The summed E-state index contributed by atoms with van der Waals surface area (Å²) in [5.41, 5.74) is 5.11. The van der Waals surface area contributed by atoms with E-state index in [1.807, 2.05) is 0 Å². The second kappa shape index (κ2) is 4.77. The third kappa shape index (κ3) is 3.53. The Morgan fingerprint density at radius 3 is 2.00 bits per heavy atom. The van der Waals surface area contributed by atoms with Crippen LogP contribution >= 0.6 is 11.3 Å². The Morgan fingerprint density at radius 1 is 1.06 bits per heavy atom. The molecule has 0 spiro atoms. The van der Waals surface area contributed by atoms with Gasteiger partial charge in [-0.1, -0.05) is 0 Å². The Labute approximate surface area is 95.6 Å². The lowest BCUT2D eigenvalue weighted by molar-refractivity contribution is -0.253. The van der Waals surface area contributed by atoms with E-state index in [0.717, 1.165) is 0 Å². The lowest BCUT2D eigenvalue weighted by atomic mass is 10.1. The van der Waals surface area contributed by atoms with E-state index in [4.69, 9.17) is 5.73 Å². The summed E-state index contributed by atoms with van der Waals surface area (Å²) in [5, 5.41) is 5.14. The van der Waals surface area contributed by atoms with E-state index >= 15 is 0 Å². The molecule has 10 heteroatoms. The zero-order chi connectivity index (χ0) is 13.3. The lowest BCUT2D eigenvalue weighted by Gasteiger charge is -2.20. The molecule has 0 aromatic carbocycles. The highest BCUT2D eigenvalue weighted by Crippen LogP contribution is 2.46. The average Bonchev–Trinajstić information content (AvgIpc) is 2.47. The second-order valence-electron chi connectivity index (χ2n) is 3.09. The van der Waals surface area contributed by atoms with E-state index in [-0.39, 0.29) is 29.3 Å². The summed E-state index contributed by atoms with van der Waals surface area (Å²) >= 11 is 0.277. The molecular weight excluding hydrogens is 272 g/mol. The van der Waals surface area contributed by atoms with Gasteiger partial charge in [-0.15, -0.1) is 21.5 Å². The van der Waals surface area contributed by atoms with Crippen molar-refractivity contribution in [3.05, 3.63) is 10.0 Å². The Kier molecular flexibility index (Phi) is 3.97. The van der Waals surface area contributed by atoms with E-state index in [2.05, 4.69) is 10.2 Å². The lowest BCUT2D eigenvalue weighted by Crippen LogP contribution is -2.34. The summed E-state index contributed by atoms with van der Waals surface area (Å²) in [6.07, 6.45) is -10.8. The molecule has 3 nitrogen and oxygen atoms in total. The van der Waals surface area contributed by atoms with Crippen LogP contribution in [0.2, 0.25) is 0 Å². The van der Waals surface area contributed by atoms with Gasteiger partial charge in [0.25, 0.3) is 0 Å². The van der Waals surface area contributed by atoms with Gasteiger partial charge in [0.05, 0.1) is 0 Å². The van der Waals surface area contributed by atoms with E-state index < -0.39 is 23.3 Å². The molecular formula is C7H7F6N3S. The van der Waals surface area contributed by atoms with Crippen LogP contribution in [0.3, 0.4) is 0 Å². The molecule has 98 valence electrons. The van der Waals surface area contributed by atoms with Crippen molar-refractivity contribution in [1.82, 2.24) is 10.2 Å². The van der Waals surface area contributed by atoms with Crippen LogP contribution in [-0.2, 0) is 6.42 Å². The van der Waals surface area contributed by atoms with Gasteiger partial charge in [0.15, 0.2) is 0 Å². The highest BCUT2D eigenvalue weighted by molar-refractivity contribution is 7.11. The second-order valence-corrected chi connectivity index (χ2v) is 4.18. The maximum atomic E-state index is 12.3. The van der Waals surface area contributed by atoms with Gasteiger partial charge in [-0.25, -0.2) is 0 Å². The van der Waals surface area contributed by atoms with Crippen LogP contribution in [0.1, 0.15) is 15.9 Å². The first-order valence-corrected chi connectivity index (χ1v) is 5.13. The predicted molar refractivity (Wildman–Crippen MR) is 47.5 cm³/mol. The first-order valence-electron chi connectivity index (χ1n) is 4.32. The number of alkyl halides is 6. The van der Waals surface area contributed by atoms with Crippen molar-refractivity contribution < 1.29 is 26.3 Å². The largest absolute Gasteiger partial charge is 0.406 e. The molecule has 0 aliphatic rings. The van der Waals surface area contributed by atoms with Crippen LogP contribution in [0.15, 0.2) is 0 Å².